The quantitative estimate of drug-likeness (QED) is 0.0222. The molecule has 17 nitrogen and oxygen atoms in total. The van der Waals surface area contributed by atoms with E-state index in [1.54, 1.807) is 0 Å². The average Bonchev–Trinajstić information content (AvgIpc) is 0.905. The van der Waals surface area contributed by atoms with Gasteiger partial charge in [0.15, 0.2) is 12.2 Å². The van der Waals surface area contributed by atoms with Gasteiger partial charge in [-0.1, -0.05) is 459 Å². The molecular formula is C94H184O17P2. The Bertz CT molecular complexity index is 2150. The summed E-state index contributed by atoms with van der Waals surface area (Å²) in [4.78, 5) is 73.5. The zero-order valence-corrected chi connectivity index (χ0v) is 76.5. The number of esters is 4. The smallest absolute Gasteiger partial charge is 0.462 e. The highest BCUT2D eigenvalue weighted by atomic mass is 31.2. The Kier molecular flexibility index (Phi) is 83.6. The van der Waals surface area contributed by atoms with Crippen LogP contribution >= 0.6 is 15.6 Å². The molecule has 6 atom stereocenters. The first kappa shape index (κ1) is 111. The maximum Gasteiger partial charge on any atom is 0.472 e. The molecule has 0 amide bonds. The van der Waals surface area contributed by atoms with E-state index >= 15 is 0 Å². The normalized spacial score (nSPS) is 13.9. The predicted octanol–water partition coefficient (Wildman–Crippen LogP) is 29.4. The molecule has 672 valence electrons. The first-order chi connectivity index (χ1) is 54.9. The van der Waals surface area contributed by atoms with Crippen molar-refractivity contribution >= 4 is 39.5 Å². The number of aliphatic hydroxyl groups is 1. The summed E-state index contributed by atoms with van der Waals surface area (Å²) in [7, 11) is -9.94. The first-order valence-corrected chi connectivity index (χ1v) is 51.5. The molecule has 19 heteroatoms. The molecule has 0 saturated heterocycles. The van der Waals surface area contributed by atoms with Crippen molar-refractivity contribution in [2.75, 3.05) is 39.6 Å². The van der Waals surface area contributed by atoms with Crippen molar-refractivity contribution < 1.29 is 80.2 Å². The van der Waals surface area contributed by atoms with Gasteiger partial charge >= 0.3 is 39.5 Å². The first-order valence-electron chi connectivity index (χ1n) is 48.5. The fourth-order valence-corrected chi connectivity index (χ4v) is 16.4. The van der Waals surface area contributed by atoms with E-state index in [-0.39, 0.29) is 25.7 Å². The van der Waals surface area contributed by atoms with Gasteiger partial charge in [-0.25, -0.2) is 9.13 Å². The fraction of sp³-hybridized carbons (Fsp3) is 0.957. The van der Waals surface area contributed by atoms with E-state index in [0.717, 1.165) is 102 Å². The van der Waals surface area contributed by atoms with E-state index in [1.165, 1.54) is 327 Å². The van der Waals surface area contributed by atoms with Crippen molar-refractivity contribution in [3.63, 3.8) is 0 Å². The van der Waals surface area contributed by atoms with E-state index in [0.29, 0.717) is 25.7 Å². The second-order valence-electron chi connectivity index (χ2n) is 34.5. The number of hydrogen-bond donors (Lipinski definition) is 3. The molecule has 0 fully saturated rings. The molecule has 0 saturated carbocycles. The van der Waals surface area contributed by atoms with Gasteiger partial charge in [0.1, 0.15) is 19.3 Å². The number of phosphoric ester groups is 2. The molecule has 3 N–H and O–H groups in total. The molecule has 113 heavy (non-hydrogen) atoms. The second kappa shape index (κ2) is 85.1. The van der Waals surface area contributed by atoms with Crippen LogP contribution in [0.15, 0.2) is 0 Å². The summed E-state index contributed by atoms with van der Waals surface area (Å²) in [5, 5.41) is 10.7. The molecule has 0 bridgehead atoms. The standard InChI is InChI=1S/C94H184O17P2/c1-7-10-12-14-16-18-20-22-23-24-25-26-27-31-34-41-47-53-59-65-71-77-92(97)105-83-90(110-93(98)78-72-66-60-54-48-42-35-32-29-28-30-33-39-44-50-56-62-68-74-86(4)5)85-109-113(102,103)107-81-88(95)80-106-112(100,101)108-84-89(82-104-91(96)76-70-64-58-52-46-38-21-19-17-15-13-11-8-2)111-94(99)79-73-67-61-55-49-43-37-36-40-45-51-57-63-69-75-87(6)9-3/h86-90,95H,7-85H2,1-6H3,(H,100,101)(H,102,103)/t87?,88-,89+,90+/m0/s1. The van der Waals surface area contributed by atoms with Gasteiger partial charge in [0, 0.05) is 25.7 Å². The minimum absolute atomic E-state index is 0.109. The van der Waals surface area contributed by atoms with E-state index in [1.807, 2.05) is 0 Å². The predicted molar refractivity (Wildman–Crippen MR) is 469 cm³/mol. The molecule has 0 aliphatic carbocycles. The molecule has 0 aromatic rings. The topological polar surface area (TPSA) is 237 Å². The highest BCUT2D eigenvalue weighted by molar-refractivity contribution is 7.47. The summed E-state index contributed by atoms with van der Waals surface area (Å²) in [6.45, 7) is 9.82. The lowest BCUT2D eigenvalue weighted by Gasteiger charge is -2.21. The summed E-state index contributed by atoms with van der Waals surface area (Å²) < 4.78 is 69.2. The Labute approximate surface area is 696 Å². The molecule has 0 aromatic heterocycles. The van der Waals surface area contributed by atoms with Crippen LogP contribution in [0.1, 0.15) is 510 Å². The SMILES string of the molecule is CCCCCCCCCCCCCCCCCCCCCCCC(=O)OC[C@H](COP(=O)(O)OC[C@@H](O)COP(=O)(O)OC[C@@H](COC(=O)CCCCCCCCCCCCCCC)OC(=O)CCCCCCCCCCCCCCCCC(C)CC)OC(=O)CCCCCCCCCCCCCCCCCCCCC(C)C. The number of aliphatic hydroxyl groups excluding tert-OH is 1. The number of hydrogen-bond acceptors (Lipinski definition) is 15. The van der Waals surface area contributed by atoms with Gasteiger partial charge in [0.05, 0.1) is 26.4 Å². The number of carbonyl (C=O) groups excluding carboxylic acids is 4. The van der Waals surface area contributed by atoms with E-state index in [4.69, 9.17) is 37.0 Å². The highest BCUT2D eigenvalue weighted by Gasteiger charge is 2.31. The van der Waals surface area contributed by atoms with Gasteiger partial charge in [-0.2, -0.15) is 0 Å². The molecule has 0 radical (unpaired) electrons. The van der Waals surface area contributed by atoms with Crippen LogP contribution in [0.3, 0.4) is 0 Å². The molecule has 0 spiro atoms. The Morgan fingerprint density at radius 2 is 0.451 bits per heavy atom. The summed E-state index contributed by atoms with van der Waals surface area (Å²) in [6, 6.07) is 0. The van der Waals surface area contributed by atoms with Crippen molar-refractivity contribution in [3.05, 3.63) is 0 Å². The Morgan fingerprint density at radius 1 is 0.257 bits per heavy atom. The van der Waals surface area contributed by atoms with E-state index in [9.17, 15) is 43.2 Å². The minimum Gasteiger partial charge on any atom is -0.462 e. The van der Waals surface area contributed by atoms with Crippen LogP contribution in [0.5, 0.6) is 0 Å². The molecular weight excluding hydrogens is 1460 g/mol. The van der Waals surface area contributed by atoms with Crippen LogP contribution in [0, 0.1) is 11.8 Å². The average molecular weight is 1650 g/mol. The third kappa shape index (κ3) is 86.3. The van der Waals surface area contributed by atoms with Crippen LogP contribution in [-0.2, 0) is 65.4 Å². The third-order valence-electron chi connectivity index (χ3n) is 22.6. The van der Waals surface area contributed by atoms with Crippen LogP contribution in [0.2, 0.25) is 0 Å². The van der Waals surface area contributed by atoms with Gasteiger partial charge in [0.2, 0.25) is 0 Å². The van der Waals surface area contributed by atoms with E-state index in [2.05, 4.69) is 41.5 Å². The minimum atomic E-state index is -4.97. The van der Waals surface area contributed by atoms with Crippen LogP contribution < -0.4 is 0 Å². The van der Waals surface area contributed by atoms with Crippen molar-refractivity contribution in [3.8, 4) is 0 Å². The number of ether oxygens (including phenoxy) is 4. The number of unbranched alkanes of at least 4 members (excludes halogenated alkanes) is 62. The van der Waals surface area contributed by atoms with Crippen molar-refractivity contribution in [1.29, 1.82) is 0 Å². The zero-order valence-electron chi connectivity index (χ0n) is 74.7. The van der Waals surface area contributed by atoms with Crippen LogP contribution in [-0.4, -0.2) is 96.7 Å². The molecule has 0 aromatic carbocycles. The molecule has 0 aliphatic heterocycles. The van der Waals surface area contributed by atoms with Crippen molar-refractivity contribution in [2.24, 2.45) is 11.8 Å². The van der Waals surface area contributed by atoms with Crippen molar-refractivity contribution in [1.82, 2.24) is 0 Å². The van der Waals surface area contributed by atoms with Crippen molar-refractivity contribution in [2.45, 2.75) is 529 Å². The zero-order chi connectivity index (χ0) is 82.7. The monoisotopic (exact) mass is 1650 g/mol. The van der Waals surface area contributed by atoms with Gasteiger partial charge in [-0.05, 0) is 37.5 Å². The van der Waals surface area contributed by atoms with Gasteiger partial charge in [-0.3, -0.25) is 37.3 Å². The summed E-state index contributed by atoms with van der Waals surface area (Å²) in [6.07, 6.45) is 80.5. The van der Waals surface area contributed by atoms with E-state index < -0.39 is 97.5 Å². The second-order valence-corrected chi connectivity index (χ2v) is 37.4. The molecule has 0 aliphatic rings. The largest absolute Gasteiger partial charge is 0.472 e. The number of carbonyl (C=O) groups is 4. The Hall–Kier alpha value is -1.94. The summed E-state index contributed by atoms with van der Waals surface area (Å²) in [5.41, 5.74) is 0. The van der Waals surface area contributed by atoms with Crippen LogP contribution in [0.4, 0.5) is 0 Å². The van der Waals surface area contributed by atoms with Gasteiger partial charge in [-0.15, -0.1) is 0 Å². The molecule has 0 heterocycles. The van der Waals surface area contributed by atoms with Gasteiger partial charge < -0.3 is 33.8 Å². The lowest BCUT2D eigenvalue weighted by atomic mass is 9.99. The molecule has 0 rings (SSSR count). The third-order valence-corrected chi connectivity index (χ3v) is 24.5. The van der Waals surface area contributed by atoms with Crippen LogP contribution in [0.25, 0.3) is 0 Å². The number of rotatable bonds is 93. The maximum atomic E-state index is 13.2. The summed E-state index contributed by atoms with van der Waals surface area (Å²) >= 11 is 0. The maximum absolute atomic E-state index is 13.2. The summed E-state index contributed by atoms with van der Waals surface area (Å²) in [5.74, 6) is -0.424. The number of phosphoric acid groups is 2. The Balaban J connectivity index is 5.26. The fourth-order valence-electron chi connectivity index (χ4n) is 14.8. The Morgan fingerprint density at radius 3 is 0.673 bits per heavy atom. The highest BCUT2D eigenvalue weighted by Crippen LogP contribution is 2.45. The van der Waals surface area contributed by atoms with Gasteiger partial charge in [0.25, 0.3) is 0 Å². The molecule has 3 unspecified atom stereocenters. The lowest BCUT2D eigenvalue weighted by molar-refractivity contribution is -0.161. The lowest BCUT2D eigenvalue weighted by Crippen LogP contribution is -2.30.